The molecular formula is C22H30N4. The molecule has 4 heteroatoms. The Morgan fingerprint density at radius 3 is 2.27 bits per heavy atom. The molecule has 1 aliphatic heterocycles. The molecule has 1 saturated heterocycles. The molecule has 2 heterocycles. The maximum atomic E-state index is 4.74. The van der Waals surface area contributed by atoms with E-state index in [1.165, 1.54) is 36.9 Å². The lowest BCUT2D eigenvalue weighted by molar-refractivity contribution is 0.203. The second-order valence-corrected chi connectivity index (χ2v) is 7.79. The van der Waals surface area contributed by atoms with Crippen LogP contribution in [0, 0.1) is 0 Å². The Morgan fingerprint density at radius 1 is 0.885 bits per heavy atom. The van der Waals surface area contributed by atoms with Gasteiger partial charge in [0.2, 0.25) is 0 Å². The summed E-state index contributed by atoms with van der Waals surface area (Å²) in [5, 5.41) is 0. The van der Waals surface area contributed by atoms with Crippen LogP contribution >= 0.6 is 0 Å². The van der Waals surface area contributed by atoms with Crippen LogP contribution in [0.5, 0.6) is 0 Å². The van der Waals surface area contributed by atoms with Gasteiger partial charge in [0, 0.05) is 52.0 Å². The van der Waals surface area contributed by atoms with Gasteiger partial charge in [-0.05, 0) is 43.4 Å². The summed E-state index contributed by atoms with van der Waals surface area (Å²) in [5.74, 6) is 1.14. The molecule has 4 rings (SSSR count). The van der Waals surface area contributed by atoms with Crippen LogP contribution in [0.25, 0.3) is 0 Å². The molecule has 2 aromatic rings. The summed E-state index contributed by atoms with van der Waals surface area (Å²) >= 11 is 0. The van der Waals surface area contributed by atoms with Crippen molar-refractivity contribution in [2.45, 2.75) is 44.3 Å². The van der Waals surface area contributed by atoms with E-state index >= 15 is 0 Å². The van der Waals surface area contributed by atoms with Crippen molar-refractivity contribution in [2.24, 2.45) is 0 Å². The average molecular weight is 351 g/mol. The summed E-state index contributed by atoms with van der Waals surface area (Å²) in [6.07, 6.45) is 6.96. The van der Waals surface area contributed by atoms with Crippen LogP contribution in [0.3, 0.4) is 0 Å². The molecule has 0 spiro atoms. The topological polar surface area (TPSA) is 22.6 Å². The Labute approximate surface area is 157 Å². The van der Waals surface area contributed by atoms with Crippen LogP contribution in [0.1, 0.15) is 31.2 Å². The molecule has 0 bridgehead atoms. The van der Waals surface area contributed by atoms with E-state index in [1.807, 2.05) is 6.20 Å². The van der Waals surface area contributed by atoms with Crippen LogP contribution in [0.4, 0.5) is 11.5 Å². The Balaban J connectivity index is 1.39. The quantitative estimate of drug-likeness (QED) is 0.791. The maximum Gasteiger partial charge on any atom is 0.152 e. The minimum absolute atomic E-state index is 0.572. The molecule has 0 unspecified atom stereocenters. The van der Waals surface area contributed by atoms with Gasteiger partial charge in [0.15, 0.2) is 5.82 Å². The fraction of sp³-hybridized carbons (Fsp3) is 0.500. The molecule has 1 aromatic heterocycles. The highest BCUT2D eigenvalue weighted by Gasteiger charge is 2.30. The van der Waals surface area contributed by atoms with E-state index in [2.05, 4.69) is 71.3 Å². The third-order valence-electron chi connectivity index (χ3n) is 5.93. The summed E-state index contributed by atoms with van der Waals surface area (Å²) in [6.45, 7) is 3.38. The number of aromatic nitrogens is 1. The van der Waals surface area contributed by atoms with Crippen LogP contribution < -0.4 is 9.80 Å². The number of piperidine rings is 1. The van der Waals surface area contributed by atoms with Gasteiger partial charge in [-0.2, -0.15) is 0 Å². The molecule has 0 amide bonds. The molecule has 2 aliphatic rings. The van der Waals surface area contributed by atoms with Crippen molar-refractivity contribution in [1.29, 1.82) is 0 Å². The smallest absolute Gasteiger partial charge is 0.152 e. The van der Waals surface area contributed by atoms with Gasteiger partial charge >= 0.3 is 0 Å². The maximum absolute atomic E-state index is 4.74. The molecule has 0 N–H and O–H groups in total. The van der Waals surface area contributed by atoms with Crippen molar-refractivity contribution in [3.8, 4) is 0 Å². The third kappa shape index (κ3) is 3.85. The normalized spacial score (nSPS) is 18.7. The lowest BCUT2D eigenvalue weighted by Gasteiger charge is -2.38. The zero-order valence-corrected chi connectivity index (χ0v) is 16.0. The number of hydrogen-bond acceptors (Lipinski definition) is 4. The minimum Gasteiger partial charge on any atom is -0.369 e. The Morgan fingerprint density at radius 2 is 1.58 bits per heavy atom. The van der Waals surface area contributed by atoms with Gasteiger partial charge in [-0.15, -0.1) is 0 Å². The average Bonchev–Trinajstić information content (AvgIpc) is 3.54. The van der Waals surface area contributed by atoms with E-state index in [0.29, 0.717) is 12.1 Å². The van der Waals surface area contributed by atoms with Gasteiger partial charge in [-0.25, -0.2) is 4.98 Å². The van der Waals surface area contributed by atoms with Gasteiger partial charge in [0.05, 0.1) is 5.69 Å². The highest BCUT2D eigenvalue weighted by Crippen LogP contribution is 2.36. The Hall–Kier alpha value is -2.07. The van der Waals surface area contributed by atoms with Crippen molar-refractivity contribution in [3.05, 3.63) is 54.2 Å². The fourth-order valence-electron chi connectivity index (χ4n) is 4.07. The number of hydrogen-bond donors (Lipinski definition) is 0. The van der Waals surface area contributed by atoms with Gasteiger partial charge in [0.25, 0.3) is 0 Å². The first-order valence-corrected chi connectivity index (χ1v) is 9.89. The minimum atomic E-state index is 0.572. The summed E-state index contributed by atoms with van der Waals surface area (Å²) < 4.78 is 0. The molecule has 2 fully saturated rings. The highest BCUT2D eigenvalue weighted by molar-refractivity contribution is 5.67. The van der Waals surface area contributed by atoms with E-state index in [9.17, 15) is 0 Å². The second kappa shape index (κ2) is 7.67. The number of nitrogens with zero attached hydrogens (tertiary/aromatic N) is 4. The van der Waals surface area contributed by atoms with Crippen LogP contribution in [0.15, 0.2) is 48.7 Å². The Bertz CT molecular complexity index is 705. The molecule has 0 radical (unpaired) electrons. The number of rotatable bonds is 6. The SMILES string of the molecule is CN(c1cccnc1N(C)C1CCN(Cc2ccccc2)CC1)C1CC1. The van der Waals surface area contributed by atoms with Crippen molar-refractivity contribution in [2.75, 3.05) is 37.0 Å². The van der Waals surface area contributed by atoms with E-state index in [0.717, 1.165) is 25.5 Å². The predicted octanol–water partition coefficient (Wildman–Crippen LogP) is 3.78. The summed E-state index contributed by atoms with van der Waals surface area (Å²) in [7, 11) is 4.44. The molecule has 4 nitrogen and oxygen atoms in total. The standard InChI is InChI=1S/C22H30N4/c1-24(19-10-11-19)21-9-6-14-23-22(21)25(2)20-12-15-26(16-13-20)17-18-7-4-3-5-8-18/h3-9,14,19-20H,10-13,15-17H2,1-2H3. The molecule has 26 heavy (non-hydrogen) atoms. The fourth-order valence-corrected chi connectivity index (χ4v) is 4.07. The second-order valence-electron chi connectivity index (χ2n) is 7.79. The van der Waals surface area contributed by atoms with Gasteiger partial charge in [0.1, 0.15) is 0 Å². The summed E-state index contributed by atoms with van der Waals surface area (Å²) in [4.78, 5) is 12.2. The monoisotopic (exact) mass is 350 g/mol. The molecule has 0 atom stereocenters. The van der Waals surface area contributed by atoms with Crippen molar-refractivity contribution in [3.63, 3.8) is 0 Å². The first kappa shape index (κ1) is 17.3. The number of likely N-dealkylation sites (tertiary alicyclic amines) is 1. The molecule has 1 aliphatic carbocycles. The van der Waals surface area contributed by atoms with Crippen molar-refractivity contribution >= 4 is 11.5 Å². The molecule has 138 valence electrons. The van der Waals surface area contributed by atoms with Crippen LogP contribution in [-0.4, -0.2) is 49.2 Å². The van der Waals surface area contributed by atoms with Crippen LogP contribution in [0.2, 0.25) is 0 Å². The van der Waals surface area contributed by atoms with Crippen LogP contribution in [-0.2, 0) is 6.54 Å². The molecule has 1 saturated carbocycles. The van der Waals surface area contributed by atoms with Gasteiger partial charge < -0.3 is 9.80 Å². The van der Waals surface area contributed by atoms with Crippen molar-refractivity contribution in [1.82, 2.24) is 9.88 Å². The van der Waals surface area contributed by atoms with Gasteiger partial charge in [-0.1, -0.05) is 30.3 Å². The largest absolute Gasteiger partial charge is 0.369 e. The Kier molecular flexibility index (Phi) is 5.11. The third-order valence-corrected chi connectivity index (χ3v) is 5.93. The van der Waals surface area contributed by atoms with Crippen molar-refractivity contribution < 1.29 is 0 Å². The number of benzene rings is 1. The number of pyridine rings is 1. The predicted molar refractivity (Wildman–Crippen MR) is 109 cm³/mol. The van der Waals surface area contributed by atoms with Gasteiger partial charge in [-0.3, -0.25) is 4.90 Å². The first-order chi connectivity index (χ1) is 12.7. The van der Waals surface area contributed by atoms with E-state index in [1.54, 1.807) is 0 Å². The van der Waals surface area contributed by atoms with E-state index in [-0.39, 0.29) is 0 Å². The first-order valence-electron chi connectivity index (χ1n) is 9.89. The highest BCUT2D eigenvalue weighted by atomic mass is 15.3. The zero-order valence-electron chi connectivity index (χ0n) is 16.0. The molecule has 1 aromatic carbocycles. The summed E-state index contributed by atoms with van der Waals surface area (Å²) in [5.41, 5.74) is 2.70. The lowest BCUT2D eigenvalue weighted by atomic mass is 10.0. The molecular weight excluding hydrogens is 320 g/mol. The van der Waals surface area contributed by atoms with E-state index in [4.69, 9.17) is 4.98 Å². The lowest BCUT2D eigenvalue weighted by Crippen LogP contribution is -2.43. The van der Waals surface area contributed by atoms with E-state index < -0.39 is 0 Å². The number of anilines is 2. The zero-order chi connectivity index (χ0) is 17.9. The summed E-state index contributed by atoms with van der Waals surface area (Å²) in [6, 6.07) is 16.4.